The van der Waals surface area contributed by atoms with Crippen LogP contribution in [0.1, 0.15) is 15.9 Å². The first kappa shape index (κ1) is 16.2. The Balaban J connectivity index is 2.38. The first-order valence-corrected chi connectivity index (χ1v) is 6.72. The first-order valence-electron chi connectivity index (χ1n) is 6.72. The summed E-state index contributed by atoms with van der Waals surface area (Å²) in [5.41, 5.74) is 0.891. The predicted molar refractivity (Wildman–Crippen MR) is 82.3 cm³/mol. The van der Waals surface area contributed by atoms with Crippen molar-refractivity contribution >= 4 is 5.97 Å². The van der Waals surface area contributed by atoms with Gasteiger partial charge in [0.05, 0.1) is 32.3 Å². The van der Waals surface area contributed by atoms with Crippen molar-refractivity contribution in [2.75, 3.05) is 14.2 Å². The topological polar surface area (TPSA) is 88.8 Å². The fraction of sp³-hybridized carbons (Fsp3) is 0.176. The molecule has 0 heterocycles. The molecule has 0 unspecified atom stereocenters. The number of methoxy groups -OCH3 is 2. The van der Waals surface area contributed by atoms with Crippen molar-refractivity contribution in [1.82, 2.24) is 0 Å². The number of nitrogens with zero attached hydrogens (tertiary/aromatic N) is 1. The number of benzene rings is 2. The largest absolute Gasteiger partial charge is 0.493 e. The van der Waals surface area contributed by atoms with Gasteiger partial charge >= 0.3 is 5.97 Å². The molecular formula is C17H15NO5. The molecule has 118 valence electrons. The minimum Gasteiger partial charge on any atom is -0.493 e. The van der Waals surface area contributed by atoms with E-state index in [1.165, 1.54) is 26.4 Å². The molecule has 0 aliphatic carbocycles. The SMILES string of the molecule is COc1cc(CC#N)cc(Oc2ccc(C(=O)O)cc2)c1OC. The van der Waals surface area contributed by atoms with Gasteiger partial charge in [-0.15, -0.1) is 0 Å². The maximum absolute atomic E-state index is 10.9. The van der Waals surface area contributed by atoms with Crippen molar-refractivity contribution in [2.45, 2.75) is 6.42 Å². The molecule has 0 fully saturated rings. The Morgan fingerprint density at radius 1 is 1.13 bits per heavy atom. The molecule has 0 saturated carbocycles. The number of aromatic carboxylic acids is 1. The minimum atomic E-state index is -1.01. The van der Waals surface area contributed by atoms with Crippen LogP contribution in [0.15, 0.2) is 36.4 Å². The number of carboxylic acids is 1. The number of rotatable bonds is 6. The van der Waals surface area contributed by atoms with E-state index in [1.807, 2.05) is 0 Å². The van der Waals surface area contributed by atoms with Gasteiger partial charge in [0.2, 0.25) is 5.75 Å². The lowest BCUT2D eigenvalue weighted by Gasteiger charge is -2.15. The molecule has 2 rings (SSSR count). The molecule has 0 spiro atoms. The average Bonchev–Trinajstić information content (AvgIpc) is 2.55. The van der Waals surface area contributed by atoms with Crippen LogP contribution < -0.4 is 14.2 Å². The number of carboxylic acid groups (broad SMARTS) is 1. The van der Waals surface area contributed by atoms with Gasteiger partial charge in [-0.25, -0.2) is 4.79 Å². The Morgan fingerprint density at radius 2 is 1.78 bits per heavy atom. The molecule has 23 heavy (non-hydrogen) atoms. The Morgan fingerprint density at radius 3 is 2.30 bits per heavy atom. The molecule has 0 bridgehead atoms. The molecule has 6 heteroatoms. The summed E-state index contributed by atoms with van der Waals surface area (Å²) in [7, 11) is 2.99. The van der Waals surface area contributed by atoms with Crippen LogP contribution in [0, 0.1) is 11.3 Å². The van der Waals surface area contributed by atoms with E-state index in [-0.39, 0.29) is 12.0 Å². The molecule has 6 nitrogen and oxygen atoms in total. The lowest BCUT2D eigenvalue weighted by Crippen LogP contribution is -1.98. The summed E-state index contributed by atoms with van der Waals surface area (Å²) in [6, 6.07) is 11.5. The molecule has 0 saturated heterocycles. The highest BCUT2D eigenvalue weighted by Crippen LogP contribution is 2.40. The van der Waals surface area contributed by atoms with Crippen LogP contribution in [0.5, 0.6) is 23.0 Å². The second kappa shape index (κ2) is 7.18. The monoisotopic (exact) mass is 313 g/mol. The molecule has 1 N–H and O–H groups in total. The van der Waals surface area contributed by atoms with Crippen molar-refractivity contribution in [3.63, 3.8) is 0 Å². The van der Waals surface area contributed by atoms with E-state index in [0.29, 0.717) is 23.0 Å². The normalized spacial score (nSPS) is 9.78. The second-order valence-corrected chi connectivity index (χ2v) is 4.60. The van der Waals surface area contributed by atoms with Gasteiger partial charge in [0.25, 0.3) is 0 Å². The van der Waals surface area contributed by atoms with Crippen LogP contribution in [0.3, 0.4) is 0 Å². The molecule has 2 aromatic carbocycles. The van der Waals surface area contributed by atoms with E-state index in [9.17, 15) is 4.79 Å². The lowest BCUT2D eigenvalue weighted by molar-refractivity contribution is 0.0697. The van der Waals surface area contributed by atoms with E-state index in [1.54, 1.807) is 24.3 Å². The molecule has 0 aliphatic rings. The Bertz CT molecular complexity index is 747. The Kier molecular flexibility index (Phi) is 5.05. The third kappa shape index (κ3) is 3.71. The Labute approximate surface area is 133 Å². The maximum atomic E-state index is 10.9. The zero-order chi connectivity index (χ0) is 16.8. The van der Waals surface area contributed by atoms with Crippen molar-refractivity contribution in [3.05, 3.63) is 47.5 Å². The smallest absolute Gasteiger partial charge is 0.335 e. The standard InChI is InChI=1S/C17H15NO5/c1-21-14-9-11(7-8-18)10-15(16(14)22-2)23-13-5-3-12(4-6-13)17(19)20/h3-6,9-10H,7H2,1-2H3,(H,19,20). The quantitative estimate of drug-likeness (QED) is 0.880. The molecule has 0 atom stereocenters. The number of ether oxygens (including phenoxy) is 3. The van der Waals surface area contributed by atoms with Gasteiger partial charge in [0.15, 0.2) is 11.5 Å². The number of carbonyl (C=O) groups is 1. The highest BCUT2D eigenvalue weighted by Gasteiger charge is 2.15. The molecule has 0 radical (unpaired) electrons. The molecule has 0 amide bonds. The van der Waals surface area contributed by atoms with E-state index in [2.05, 4.69) is 6.07 Å². The van der Waals surface area contributed by atoms with Gasteiger partial charge in [-0.2, -0.15) is 5.26 Å². The summed E-state index contributed by atoms with van der Waals surface area (Å²) in [4.78, 5) is 10.9. The third-order valence-corrected chi connectivity index (χ3v) is 3.12. The fourth-order valence-corrected chi connectivity index (χ4v) is 2.05. The average molecular weight is 313 g/mol. The van der Waals surface area contributed by atoms with Gasteiger partial charge < -0.3 is 19.3 Å². The van der Waals surface area contributed by atoms with Crippen LogP contribution in [0.4, 0.5) is 0 Å². The summed E-state index contributed by atoms with van der Waals surface area (Å²) in [6.45, 7) is 0. The van der Waals surface area contributed by atoms with Gasteiger partial charge in [0, 0.05) is 0 Å². The summed E-state index contributed by atoms with van der Waals surface area (Å²) in [5, 5.41) is 17.8. The summed E-state index contributed by atoms with van der Waals surface area (Å²) >= 11 is 0. The molecular weight excluding hydrogens is 298 g/mol. The van der Waals surface area contributed by atoms with Gasteiger partial charge in [-0.1, -0.05) is 0 Å². The third-order valence-electron chi connectivity index (χ3n) is 3.12. The van der Waals surface area contributed by atoms with Gasteiger partial charge in [-0.05, 0) is 42.0 Å². The number of nitriles is 1. The second-order valence-electron chi connectivity index (χ2n) is 4.60. The maximum Gasteiger partial charge on any atom is 0.335 e. The summed E-state index contributed by atoms with van der Waals surface area (Å²) in [5.74, 6) is 0.686. The van der Waals surface area contributed by atoms with Gasteiger partial charge in [-0.3, -0.25) is 0 Å². The number of hydrogen-bond donors (Lipinski definition) is 1. The van der Waals surface area contributed by atoms with Crippen molar-refractivity contribution < 1.29 is 24.1 Å². The van der Waals surface area contributed by atoms with E-state index < -0.39 is 5.97 Å². The van der Waals surface area contributed by atoms with E-state index in [4.69, 9.17) is 24.6 Å². The van der Waals surface area contributed by atoms with Crippen LogP contribution in [0.25, 0.3) is 0 Å². The van der Waals surface area contributed by atoms with Crippen LogP contribution in [-0.2, 0) is 6.42 Å². The zero-order valence-electron chi connectivity index (χ0n) is 12.7. The Hall–Kier alpha value is -3.20. The van der Waals surface area contributed by atoms with E-state index >= 15 is 0 Å². The lowest BCUT2D eigenvalue weighted by atomic mass is 10.1. The van der Waals surface area contributed by atoms with E-state index in [0.717, 1.165) is 5.56 Å². The van der Waals surface area contributed by atoms with Crippen molar-refractivity contribution in [2.24, 2.45) is 0 Å². The predicted octanol–water partition coefficient (Wildman–Crippen LogP) is 3.26. The molecule has 0 aromatic heterocycles. The molecule has 2 aromatic rings. The summed E-state index contributed by atoms with van der Waals surface area (Å²) < 4.78 is 16.3. The first-order chi connectivity index (χ1) is 11.1. The van der Waals surface area contributed by atoms with Crippen LogP contribution in [0.2, 0.25) is 0 Å². The zero-order valence-corrected chi connectivity index (χ0v) is 12.7. The van der Waals surface area contributed by atoms with Gasteiger partial charge in [0.1, 0.15) is 5.75 Å². The van der Waals surface area contributed by atoms with Crippen LogP contribution in [-0.4, -0.2) is 25.3 Å². The van der Waals surface area contributed by atoms with Crippen LogP contribution >= 0.6 is 0 Å². The summed E-state index contributed by atoms with van der Waals surface area (Å²) in [6.07, 6.45) is 0.203. The minimum absolute atomic E-state index is 0.167. The number of hydrogen-bond acceptors (Lipinski definition) is 5. The van der Waals surface area contributed by atoms with Crippen molar-refractivity contribution in [3.8, 4) is 29.1 Å². The highest BCUT2D eigenvalue weighted by molar-refractivity contribution is 5.87. The molecule has 0 aliphatic heterocycles. The fourth-order valence-electron chi connectivity index (χ4n) is 2.05. The highest BCUT2D eigenvalue weighted by atomic mass is 16.5. The van der Waals surface area contributed by atoms with Crippen molar-refractivity contribution in [1.29, 1.82) is 5.26 Å².